The van der Waals surface area contributed by atoms with Gasteiger partial charge in [-0.2, -0.15) is 0 Å². The van der Waals surface area contributed by atoms with E-state index in [2.05, 4.69) is 175 Å². The molecule has 0 N–H and O–H groups in total. The van der Waals surface area contributed by atoms with E-state index in [-0.39, 0.29) is 10.8 Å². The van der Waals surface area contributed by atoms with Crippen LogP contribution in [0.2, 0.25) is 0 Å². The topological polar surface area (TPSA) is 33.7 Å². The molecule has 0 unspecified atom stereocenters. The lowest BCUT2D eigenvalue weighted by Gasteiger charge is -2.30. The maximum atomic E-state index is 6.17. The van der Waals surface area contributed by atoms with Gasteiger partial charge in [0.25, 0.3) is 0 Å². The Hall–Kier alpha value is -6.39. The molecule has 12 rings (SSSR count). The number of para-hydroxylation sites is 1. The molecule has 4 nitrogen and oxygen atoms in total. The molecule has 0 saturated heterocycles. The Balaban J connectivity index is 1.14. The predicted molar refractivity (Wildman–Crippen MR) is 218 cm³/mol. The fourth-order valence-corrected chi connectivity index (χ4v) is 10.1. The Labute approximate surface area is 306 Å². The molecule has 0 amide bonds. The van der Waals surface area contributed by atoms with Crippen LogP contribution in [0.5, 0.6) is 0 Å². The summed E-state index contributed by atoms with van der Waals surface area (Å²) in [6, 6.07) is 49.7. The number of hydrogen-bond acceptors (Lipinski definition) is 3. The zero-order valence-electron chi connectivity index (χ0n) is 30.0. The largest absolute Gasteiger partial charge is 0.443 e. The van der Waals surface area contributed by atoms with Crippen molar-refractivity contribution in [3.05, 3.63) is 162 Å². The fraction of sp³-hybridized carbons (Fsp3) is 0.122. The first-order valence-electron chi connectivity index (χ1n) is 18.5. The van der Waals surface area contributed by atoms with Gasteiger partial charge in [-0.3, -0.25) is 0 Å². The van der Waals surface area contributed by atoms with Gasteiger partial charge in [-0.05, 0) is 99.1 Å². The van der Waals surface area contributed by atoms with E-state index >= 15 is 0 Å². The average molecular weight is 682 g/mol. The lowest BCUT2D eigenvalue weighted by Crippen LogP contribution is -2.18. The van der Waals surface area contributed by atoms with E-state index in [0.29, 0.717) is 0 Å². The van der Waals surface area contributed by atoms with Gasteiger partial charge in [-0.1, -0.05) is 107 Å². The van der Waals surface area contributed by atoms with Crippen molar-refractivity contribution >= 4 is 66.3 Å². The van der Waals surface area contributed by atoms with Crippen LogP contribution in [-0.2, 0) is 10.8 Å². The van der Waals surface area contributed by atoms with Crippen LogP contribution in [-0.4, -0.2) is 9.38 Å². The quantitative estimate of drug-likeness (QED) is 0.186. The summed E-state index contributed by atoms with van der Waals surface area (Å²) in [6.07, 6.45) is 1.58. The van der Waals surface area contributed by atoms with Crippen LogP contribution < -0.4 is 4.90 Å². The van der Waals surface area contributed by atoms with E-state index in [9.17, 15) is 0 Å². The van der Waals surface area contributed by atoms with Gasteiger partial charge in [0.2, 0.25) is 0 Å². The summed E-state index contributed by atoms with van der Waals surface area (Å²) < 4.78 is 8.59. The van der Waals surface area contributed by atoms with Gasteiger partial charge in [0.05, 0.1) is 21.9 Å². The molecule has 53 heavy (non-hydrogen) atoms. The molecule has 3 heterocycles. The first-order chi connectivity index (χ1) is 25.8. The second-order valence-corrected chi connectivity index (χ2v) is 16.0. The van der Waals surface area contributed by atoms with Gasteiger partial charge < -0.3 is 13.7 Å². The van der Waals surface area contributed by atoms with Crippen LogP contribution in [0.25, 0.3) is 71.4 Å². The monoisotopic (exact) mass is 681 g/mol. The molecular weight excluding hydrogens is 647 g/mol. The minimum Gasteiger partial charge on any atom is -0.443 e. The second-order valence-electron chi connectivity index (χ2n) is 16.0. The Morgan fingerprint density at radius 3 is 1.74 bits per heavy atom. The van der Waals surface area contributed by atoms with Gasteiger partial charge in [0.1, 0.15) is 5.52 Å². The zero-order valence-corrected chi connectivity index (χ0v) is 30.0. The molecule has 0 aliphatic heterocycles. The van der Waals surface area contributed by atoms with Crippen molar-refractivity contribution in [3.63, 3.8) is 0 Å². The van der Waals surface area contributed by atoms with Gasteiger partial charge in [0.15, 0.2) is 12.0 Å². The zero-order chi connectivity index (χ0) is 35.4. The third-order valence-electron chi connectivity index (χ3n) is 12.7. The van der Waals surface area contributed by atoms with Crippen LogP contribution in [0.1, 0.15) is 49.9 Å². The fourth-order valence-electron chi connectivity index (χ4n) is 10.1. The van der Waals surface area contributed by atoms with Crippen LogP contribution in [0.15, 0.2) is 144 Å². The van der Waals surface area contributed by atoms with Gasteiger partial charge in [0, 0.05) is 44.1 Å². The summed E-state index contributed by atoms with van der Waals surface area (Å²) in [5.41, 5.74) is 19.2. The second kappa shape index (κ2) is 9.72. The van der Waals surface area contributed by atoms with Crippen molar-refractivity contribution in [2.75, 3.05) is 4.90 Å². The number of nitrogens with zero attached hydrogens (tertiary/aromatic N) is 3. The number of fused-ring (bicyclic) bond motifs is 14. The lowest BCUT2D eigenvalue weighted by atomic mass is 9.82. The molecule has 0 atom stereocenters. The SMILES string of the molecule is CC1(C)c2ccccc2-c2ccc(N(c3ccc4c(c3)C(C)(C)c3ccccc3-4)c3ccc4c(c3)c3c5ocnc5cc5c6ccccc6n4c53)cc21. The molecule has 0 spiro atoms. The van der Waals surface area contributed by atoms with Crippen molar-refractivity contribution in [1.82, 2.24) is 9.38 Å². The van der Waals surface area contributed by atoms with E-state index in [0.717, 1.165) is 44.5 Å². The van der Waals surface area contributed by atoms with E-state index in [1.54, 1.807) is 6.39 Å². The molecule has 2 aliphatic rings. The van der Waals surface area contributed by atoms with Crippen LogP contribution in [0.4, 0.5) is 17.1 Å². The maximum Gasteiger partial charge on any atom is 0.182 e. The summed E-state index contributed by atoms with van der Waals surface area (Å²) >= 11 is 0. The summed E-state index contributed by atoms with van der Waals surface area (Å²) in [5, 5.41) is 4.70. The highest BCUT2D eigenvalue weighted by molar-refractivity contribution is 6.30. The van der Waals surface area contributed by atoms with Crippen molar-refractivity contribution in [2.24, 2.45) is 0 Å². The van der Waals surface area contributed by atoms with Crippen molar-refractivity contribution in [3.8, 4) is 22.3 Å². The molecule has 10 aromatic rings. The van der Waals surface area contributed by atoms with Crippen molar-refractivity contribution in [1.29, 1.82) is 0 Å². The highest BCUT2D eigenvalue weighted by Gasteiger charge is 2.38. The normalized spacial score (nSPS) is 15.1. The first-order valence-corrected chi connectivity index (χ1v) is 18.5. The molecule has 0 fully saturated rings. The lowest BCUT2D eigenvalue weighted by molar-refractivity contribution is 0.605. The van der Waals surface area contributed by atoms with Gasteiger partial charge in [-0.25, -0.2) is 4.98 Å². The van der Waals surface area contributed by atoms with E-state index in [1.165, 1.54) is 66.3 Å². The molecule has 252 valence electrons. The third-order valence-corrected chi connectivity index (χ3v) is 12.7. The predicted octanol–water partition coefficient (Wildman–Crippen LogP) is 13.1. The molecule has 0 bridgehead atoms. The number of benzene rings is 7. The number of rotatable bonds is 3. The average Bonchev–Trinajstić information content (AvgIpc) is 3.96. The minimum atomic E-state index is -0.120. The summed E-state index contributed by atoms with van der Waals surface area (Å²) in [4.78, 5) is 7.11. The Morgan fingerprint density at radius 2 is 1.06 bits per heavy atom. The molecule has 2 aliphatic carbocycles. The van der Waals surface area contributed by atoms with E-state index < -0.39 is 0 Å². The molecule has 4 heteroatoms. The van der Waals surface area contributed by atoms with Crippen LogP contribution >= 0.6 is 0 Å². The van der Waals surface area contributed by atoms with E-state index in [4.69, 9.17) is 4.42 Å². The Kier molecular flexibility index (Phi) is 5.36. The number of oxazole rings is 1. The number of anilines is 3. The highest BCUT2D eigenvalue weighted by Crippen LogP contribution is 2.53. The molecule has 7 aromatic carbocycles. The third kappa shape index (κ3) is 3.58. The van der Waals surface area contributed by atoms with Gasteiger partial charge in [-0.15, -0.1) is 0 Å². The smallest absolute Gasteiger partial charge is 0.182 e. The summed E-state index contributed by atoms with van der Waals surface area (Å²) in [6.45, 7) is 9.44. The maximum absolute atomic E-state index is 6.17. The molecular formula is C49H35N3O. The van der Waals surface area contributed by atoms with E-state index in [1.807, 2.05) is 0 Å². The first kappa shape index (κ1) is 29.2. The standard InChI is InChI=1S/C49H35N3O/c1-48(2)38-14-8-5-11-31(38)33-20-17-29(24-40(33)48)51(30-18-21-34-32-12-6-9-15-39(32)49(3,4)41(34)25-30)28-19-22-44-37(23-28)45-46-36(26-42-47(45)53-27-50-42)35-13-7-10-16-43(35)52(44)46/h5-27H,1-4H3. The summed E-state index contributed by atoms with van der Waals surface area (Å²) in [7, 11) is 0. The molecule has 0 saturated carbocycles. The van der Waals surface area contributed by atoms with Gasteiger partial charge >= 0.3 is 0 Å². The number of aromatic nitrogens is 2. The minimum absolute atomic E-state index is 0.120. The highest BCUT2D eigenvalue weighted by atomic mass is 16.3. The van der Waals surface area contributed by atoms with Crippen molar-refractivity contribution in [2.45, 2.75) is 38.5 Å². The molecule has 0 radical (unpaired) electrons. The van der Waals surface area contributed by atoms with Crippen LogP contribution in [0.3, 0.4) is 0 Å². The van der Waals surface area contributed by atoms with Crippen molar-refractivity contribution < 1.29 is 4.42 Å². The molecule has 3 aromatic heterocycles. The Morgan fingerprint density at radius 1 is 0.509 bits per heavy atom. The summed E-state index contributed by atoms with van der Waals surface area (Å²) in [5.74, 6) is 0. The number of hydrogen-bond donors (Lipinski definition) is 0. The van der Waals surface area contributed by atoms with Crippen LogP contribution in [0, 0.1) is 0 Å². The Bertz CT molecular complexity index is 3090.